The van der Waals surface area contributed by atoms with Crippen molar-refractivity contribution in [3.05, 3.63) is 59.3 Å². The van der Waals surface area contributed by atoms with Crippen LogP contribution in [0.15, 0.2) is 59.3 Å². The fourth-order valence-corrected chi connectivity index (χ4v) is 11.1. The summed E-state index contributed by atoms with van der Waals surface area (Å²) in [5.74, 6) is -6.65. The normalized spacial score (nSPS) is 34.3. The SMILES string of the molecule is C=C(C/C=C(\C)CCC=C(C)C)CCC(C)(C)/C=C/CC/C(C)=C\CO[C@@H](COP(=O)(O)O[C@H]1O[C@H](C(N)=O)[C@@](C)(O)[C@H](OC(N)=O)[C@H]1O[C@@H]1O[C@H](CO)[C@@H](O[C@@H]2O[C@H](C)[C@@H](O[C@@H]3O[C@H](C(=O)O)[C@H](O)[C@H](O)[C@H]3O)[C@H](O)[C@H]2NC(C)=O)[C@H](O)[C@H]1NC(C)=O)C(=O)O. The maximum absolute atomic E-state index is 13.8. The lowest BCUT2D eigenvalue weighted by molar-refractivity contribution is -0.370. The number of ether oxygens (including phenoxy) is 9. The minimum atomic E-state index is -5.71. The van der Waals surface area contributed by atoms with E-state index >= 15 is 0 Å². The molecule has 4 saturated heterocycles. The molecule has 1 unspecified atom stereocenters. The lowest BCUT2D eigenvalue weighted by Gasteiger charge is -2.51. The molecule has 0 aromatic carbocycles. The first-order chi connectivity index (χ1) is 42.3. The Labute approximate surface area is 527 Å². The Bertz CT molecular complexity index is 2670. The Balaban J connectivity index is 1.51. The number of carboxylic acids is 2. The number of aliphatic hydroxyl groups excluding tert-OH is 6. The molecule has 4 fully saturated rings. The summed E-state index contributed by atoms with van der Waals surface area (Å²) >= 11 is 0. The van der Waals surface area contributed by atoms with Crippen molar-refractivity contribution < 1.29 is 136 Å². The van der Waals surface area contributed by atoms with Gasteiger partial charge in [-0.25, -0.2) is 18.9 Å². The molecule has 0 aliphatic carbocycles. The Hall–Kier alpha value is -5.17. The fraction of sp³-hybridized carbons (Fsp3) is 0.724. The van der Waals surface area contributed by atoms with E-state index < -0.39 is 185 Å². The molecule has 22 atom stereocenters. The first-order valence-corrected chi connectivity index (χ1v) is 30.9. The first-order valence-electron chi connectivity index (χ1n) is 29.4. The van der Waals surface area contributed by atoms with Gasteiger partial charge in [0.25, 0.3) is 0 Å². The van der Waals surface area contributed by atoms with E-state index in [-0.39, 0.29) is 12.0 Å². The van der Waals surface area contributed by atoms with Crippen molar-refractivity contribution in [3.8, 4) is 0 Å². The van der Waals surface area contributed by atoms with Crippen LogP contribution in [0.4, 0.5) is 4.79 Å². The van der Waals surface area contributed by atoms with Crippen molar-refractivity contribution in [2.24, 2.45) is 16.9 Å². The van der Waals surface area contributed by atoms with Crippen LogP contribution in [0.3, 0.4) is 0 Å². The fourth-order valence-electron chi connectivity index (χ4n) is 10.3. The Morgan fingerprint density at radius 1 is 0.736 bits per heavy atom. The highest BCUT2D eigenvalue weighted by Crippen LogP contribution is 2.49. The van der Waals surface area contributed by atoms with Gasteiger partial charge in [-0.3, -0.25) is 23.4 Å². The number of carbonyl (C=O) groups is 6. The van der Waals surface area contributed by atoms with Crippen LogP contribution in [0.2, 0.25) is 0 Å². The molecule has 4 heterocycles. The molecule has 4 aliphatic heterocycles. The molecule has 0 bridgehead atoms. The van der Waals surface area contributed by atoms with Gasteiger partial charge in [-0.05, 0) is 91.9 Å². The molecule has 0 spiro atoms. The molecule has 4 aliphatic rings. The summed E-state index contributed by atoms with van der Waals surface area (Å²) in [5, 5.41) is 102. The second-order valence-corrected chi connectivity index (χ2v) is 25.5. The van der Waals surface area contributed by atoms with Gasteiger partial charge >= 0.3 is 25.9 Å². The average molecular weight is 1330 g/mol. The predicted octanol–water partition coefficient (Wildman–Crippen LogP) is -0.0160. The van der Waals surface area contributed by atoms with Crippen LogP contribution in [0.5, 0.6) is 0 Å². The third kappa shape index (κ3) is 23.1. The average Bonchev–Trinajstić information content (AvgIpc) is 0.764. The van der Waals surface area contributed by atoms with Crippen molar-refractivity contribution in [2.75, 3.05) is 19.8 Å². The topological polar surface area (TPSA) is 499 Å². The number of carbonyl (C=O) groups excluding carboxylic acids is 4. The van der Waals surface area contributed by atoms with Gasteiger partial charge in [0.1, 0.15) is 66.5 Å². The number of nitrogens with one attached hydrogen (secondary N) is 2. The molecule has 0 saturated carbocycles. The quantitative estimate of drug-likeness (QED) is 0.0303. The molecular weight excluding hydrogens is 1230 g/mol. The molecule has 518 valence electrons. The van der Waals surface area contributed by atoms with Gasteiger partial charge in [-0.2, -0.15) is 0 Å². The summed E-state index contributed by atoms with van der Waals surface area (Å²) in [5.41, 5.74) is 12.6. The Morgan fingerprint density at radius 2 is 1.31 bits per heavy atom. The van der Waals surface area contributed by atoms with Crippen molar-refractivity contribution in [1.29, 1.82) is 0 Å². The molecule has 0 aromatic heterocycles. The van der Waals surface area contributed by atoms with E-state index in [4.69, 9.17) is 63.1 Å². The number of primary amides is 2. The summed E-state index contributed by atoms with van der Waals surface area (Å²) in [6, 6.07) is -3.66. The van der Waals surface area contributed by atoms with E-state index in [1.54, 1.807) is 13.0 Å². The number of rotatable bonds is 33. The number of aliphatic carboxylic acids is 2. The number of hydrogen-bond acceptors (Lipinski definition) is 25. The number of carboxylic acid groups (broad SMARTS) is 2. The monoisotopic (exact) mass is 1320 g/mol. The predicted molar refractivity (Wildman–Crippen MR) is 315 cm³/mol. The minimum Gasteiger partial charge on any atom is -0.479 e. The van der Waals surface area contributed by atoms with Crippen molar-refractivity contribution in [3.63, 3.8) is 0 Å². The summed E-state index contributed by atoms with van der Waals surface area (Å²) in [4.78, 5) is 86.0. The number of amides is 4. The number of phosphoric ester groups is 1. The lowest BCUT2D eigenvalue weighted by atomic mass is 9.85. The summed E-state index contributed by atoms with van der Waals surface area (Å²) in [7, 11) is -5.71. The van der Waals surface area contributed by atoms with Crippen LogP contribution in [-0.2, 0) is 80.2 Å². The second-order valence-electron chi connectivity index (χ2n) is 24.1. The highest BCUT2D eigenvalue weighted by Gasteiger charge is 2.62. The number of phosphoric acid groups is 1. The molecule has 4 amide bonds. The van der Waals surface area contributed by atoms with E-state index in [9.17, 15) is 84.2 Å². The van der Waals surface area contributed by atoms with Crippen LogP contribution in [0.25, 0.3) is 0 Å². The van der Waals surface area contributed by atoms with Gasteiger partial charge < -0.3 is 116 Å². The zero-order valence-corrected chi connectivity index (χ0v) is 53.5. The molecule has 0 aromatic rings. The van der Waals surface area contributed by atoms with Gasteiger partial charge in [0.15, 0.2) is 55.7 Å². The summed E-state index contributed by atoms with van der Waals surface area (Å²) in [6.45, 7) is 18.1. The van der Waals surface area contributed by atoms with Gasteiger partial charge in [0.05, 0.1) is 25.9 Å². The highest BCUT2D eigenvalue weighted by molar-refractivity contribution is 7.47. The van der Waals surface area contributed by atoms with E-state index in [1.807, 2.05) is 0 Å². The molecular formula is C58H93N4O28P. The van der Waals surface area contributed by atoms with Crippen molar-refractivity contribution in [2.45, 2.75) is 242 Å². The largest absolute Gasteiger partial charge is 0.479 e. The maximum atomic E-state index is 13.8. The van der Waals surface area contributed by atoms with Gasteiger partial charge in [-0.1, -0.05) is 73.1 Å². The van der Waals surface area contributed by atoms with Crippen molar-refractivity contribution in [1.82, 2.24) is 10.6 Å². The van der Waals surface area contributed by atoms with E-state index in [2.05, 4.69) is 76.1 Å². The first kappa shape index (κ1) is 78.3. The number of nitrogens with two attached hydrogens (primary N) is 2. The van der Waals surface area contributed by atoms with Gasteiger partial charge in [0.2, 0.25) is 17.7 Å². The smallest absolute Gasteiger partial charge is 0.474 e. The molecule has 32 nitrogen and oxygen atoms in total. The summed E-state index contributed by atoms with van der Waals surface area (Å²) in [6.07, 6.45) is -22.5. The lowest BCUT2D eigenvalue weighted by Crippen LogP contribution is -2.72. The number of allylic oxidation sites excluding steroid dienone is 8. The van der Waals surface area contributed by atoms with Crippen LogP contribution < -0.4 is 22.1 Å². The number of aliphatic hydroxyl groups is 7. The van der Waals surface area contributed by atoms with E-state index in [0.717, 1.165) is 64.0 Å². The second kappa shape index (κ2) is 34.8. The zero-order valence-electron chi connectivity index (χ0n) is 52.6. The van der Waals surface area contributed by atoms with Crippen molar-refractivity contribution >= 4 is 43.6 Å². The number of hydrogen-bond donors (Lipinski definition) is 14. The Morgan fingerprint density at radius 3 is 1.87 bits per heavy atom. The maximum Gasteiger partial charge on any atom is 0.474 e. The zero-order chi connectivity index (χ0) is 68.6. The van der Waals surface area contributed by atoms with Gasteiger partial charge in [0, 0.05) is 13.8 Å². The molecule has 0 radical (unpaired) electrons. The minimum absolute atomic E-state index is 0.112. The standard InChI is InChI=1S/C58H93N4O28P/c1-27(2)15-14-17-28(3)18-19-30(5)20-23-57(9,10)22-13-12-16-29(4)21-24-80-35(50(72)73)26-81-91(78,79)90-55-46(47(89-56(60)76)58(11,77)48(88-55)49(59)71)87-53-37(62-33(8)65)39(67)44(34(25-63)83-53)85-52-36(61-32(7)64)38(66)43(31(6)82-52)84-54-42(70)40(68)41(69)45(86-54)51(74)75/h13,15,18,21-22,31,34-48,52-55,63,66-70,77H,5,12,14,16-17,19-20,23-26H2,1-4,6-11H3,(H2,59,71)(H2,60,76)(H,61,64)(H,62,65)(H,72,73)(H,74,75)(H,78,79)/b22-13+,28-18+,29-21-/t31-,34-,35+,36-,37-,38-,39-,40+,41-,42-,43-,44-,45+,46-,47-,48-,52+,53+,54-,55-,58+/m1/s1. The van der Waals surface area contributed by atoms with Crippen LogP contribution in [0, 0.1) is 5.41 Å². The molecule has 4 rings (SSSR count). The molecule has 33 heteroatoms. The third-order valence-corrected chi connectivity index (χ3v) is 16.3. The third-order valence-electron chi connectivity index (χ3n) is 15.4. The van der Waals surface area contributed by atoms with Crippen LogP contribution >= 0.6 is 7.82 Å². The summed E-state index contributed by atoms with van der Waals surface area (Å²) < 4.78 is 75.3. The Kier molecular flexibility index (Phi) is 30.0. The van der Waals surface area contributed by atoms with Crippen LogP contribution in [-0.4, -0.2) is 235 Å². The highest BCUT2D eigenvalue weighted by atomic mass is 31.2. The molecule has 16 N–H and O–H groups in total. The van der Waals surface area contributed by atoms with Gasteiger partial charge in [-0.15, -0.1) is 0 Å². The van der Waals surface area contributed by atoms with Crippen LogP contribution in [0.1, 0.15) is 114 Å². The van der Waals surface area contributed by atoms with E-state index in [0.29, 0.717) is 12.8 Å². The van der Waals surface area contributed by atoms with E-state index in [1.165, 1.54) is 18.1 Å². The molecule has 91 heavy (non-hydrogen) atoms.